The SMILES string of the molecule is CCCCNC(=O)NCC1(O)CCCC1. The van der Waals surface area contributed by atoms with Crippen LogP contribution >= 0.6 is 0 Å². The van der Waals surface area contributed by atoms with Crippen LogP contribution in [0.25, 0.3) is 0 Å². The molecule has 4 heteroatoms. The molecule has 0 spiro atoms. The molecular weight excluding hydrogens is 192 g/mol. The zero-order chi connectivity index (χ0) is 11.1. The van der Waals surface area contributed by atoms with Crippen molar-refractivity contribution >= 4 is 6.03 Å². The summed E-state index contributed by atoms with van der Waals surface area (Å²) < 4.78 is 0. The van der Waals surface area contributed by atoms with Crippen molar-refractivity contribution in [2.75, 3.05) is 13.1 Å². The zero-order valence-electron chi connectivity index (χ0n) is 9.51. The first-order valence-corrected chi connectivity index (χ1v) is 5.90. The molecule has 1 rings (SSSR count). The Morgan fingerprint density at radius 2 is 2.00 bits per heavy atom. The average molecular weight is 214 g/mol. The highest BCUT2D eigenvalue weighted by atomic mass is 16.3. The first kappa shape index (κ1) is 12.3. The van der Waals surface area contributed by atoms with E-state index in [0.29, 0.717) is 13.1 Å². The normalized spacial score (nSPS) is 18.8. The van der Waals surface area contributed by atoms with Crippen LogP contribution in [0.4, 0.5) is 4.79 Å². The van der Waals surface area contributed by atoms with Crippen LogP contribution in [0, 0.1) is 0 Å². The number of nitrogens with one attached hydrogen (secondary N) is 2. The molecule has 3 N–H and O–H groups in total. The topological polar surface area (TPSA) is 61.4 Å². The molecule has 1 saturated carbocycles. The minimum absolute atomic E-state index is 0.163. The summed E-state index contributed by atoms with van der Waals surface area (Å²) in [6, 6.07) is -0.163. The Morgan fingerprint density at radius 3 is 2.60 bits per heavy atom. The van der Waals surface area contributed by atoms with Crippen LogP contribution in [0.15, 0.2) is 0 Å². The molecule has 0 aromatic heterocycles. The quantitative estimate of drug-likeness (QED) is 0.606. The van der Waals surface area contributed by atoms with Crippen molar-refractivity contribution in [3.63, 3.8) is 0 Å². The van der Waals surface area contributed by atoms with Crippen molar-refractivity contribution in [2.45, 2.75) is 51.0 Å². The molecule has 2 amide bonds. The summed E-state index contributed by atoms with van der Waals surface area (Å²) in [5.74, 6) is 0. The fourth-order valence-electron chi connectivity index (χ4n) is 1.90. The minimum Gasteiger partial charge on any atom is -0.388 e. The lowest BCUT2D eigenvalue weighted by Gasteiger charge is -2.22. The molecule has 1 fully saturated rings. The number of hydrogen-bond acceptors (Lipinski definition) is 2. The van der Waals surface area contributed by atoms with Gasteiger partial charge >= 0.3 is 6.03 Å². The van der Waals surface area contributed by atoms with E-state index >= 15 is 0 Å². The van der Waals surface area contributed by atoms with Gasteiger partial charge < -0.3 is 15.7 Å². The van der Waals surface area contributed by atoms with Gasteiger partial charge in [0.25, 0.3) is 0 Å². The Labute approximate surface area is 91.4 Å². The maximum atomic E-state index is 11.3. The van der Waals surface area contributed by atoms with Crippen LogP contribution in [0.3, 0.4) is 0 Å². The van der Waals surface area contributed by atoms with Crippen molar-refractivity contribution < 1.29 is 9.90 Å². The summed E-state index contributed by atoms with van der Waals surface area (Å²) in [4.78, 5) is 11.3. The zero-order valence-corrected chi connectivity index (χ0v) is 9.51. The second-order valence-electron chi connectivity index (χ2n) is 4.39. The van der Waals surface area contributed by atoms with Crippen LogP contribution in [-0.2, 0) is 0 Å². The lowest BCUT2D eigenvalue weighted by atomic mass is 10.0. The Bertz CT molecular complexity index is 201. The van der Waals surface area contributed by atoms with Gasteiger partial charge in [0, 0.05) is 13.1 Å². The summed E-state index contributed by atoms with van der Waals surface area (Å²) in [6.45, 7) is 3.17. The Balaban J connectivity index is 2.10. The van der Waals surface area contributed by atoms with Crippen LogP contribution in [0.5, 0.6) is 0 Å². The van der Waals surface area contributed by atoms with E-state index in [-0.39, 0.29) is 6.03 Å². The number of carbonyl (C=O) groups is 1. The number of carbonyl (C=O) groups excluding carboxylic acids is 1. The predicted octanol–water partition coefficient (Wildman–Crippen LogP) is 1.39. The van der Waals surface area contributed by atoms with Crippen LogP contribution < -0.4 is 10.6 Å². The van der Waals surface area contributed by atoms with Crippen molar-refractivity contribution in [2.24, 2.45) is 0 Å². The van der Waals surface area contributed by atoms with Gasteiger partial charge in [-0.05, 0) is 19.3 Å². The van der Waals surface area contributed by atoms with E-state index in [2.05, 4.69) is 17.6 Å². The monoisotopic (exact) mass is 214 g/mol. The van der Waals surface area contributed by atoms with E-state index in [9.17, 15) is 9.90 Å². The molecule has 1 aliphatic carbocycles. The molecule has 1 aliphatic rings. The highest BCUT2D eigenvalue weighted by molar-refractivity contribution is 5.73. The molecule has 0 saturated heterocycles. The van der Waals surface area contributed by atoms with Gasteiger partial charge in [-0.3, -0.25) is 0 Å². The van der Waals surface area contributed by atoms with Gasteiger partial charge in [0.1, 0.15) is 0 Å². The molecule has 0 heterocycles. The first-order chi connectivity index (χ1) is 7.16. The summed E-state index contributed by atoms with van der Waals surface area (Å²) in [6.07, 6.45) is 5.82. The molecule has 0 aromatic rings. The molecule has 0 aromatic carbocycles. The molecular formula is C11H22N2O2. The minimum atomic E-state index is -0.651. The number of aliphatic hydroxyl groups is 1. The van der Waals surface area contributed by atoms with Crippen molar-refractivity contribution in [3.05, 3.63) is 0 Å². The summed E-state index contributed by atoms with van der Waals surface area (Å²) in [7, 11) is 0. The summed E-state index contributed by atoms with van der Waals surface area (Å²) in [5, 5.41) is 15.5. The lowest BCUT2D eigenvalue weighted by Crippen LogP contribution is -2.45. The third kappa shape index (κ3) is 4.51. The molecule has 0 radical (unpaired) electrons. The molecule has 0 atom stereocenters. The number of urea groups is 1. The van der Waals surface area contributed by atoms with Gasteiger partial charge in [0.05, 0.1) is 5.60 Å². The van der Waals surface area contributed by atoms with Gasteiger partial charge in [0.15, 0.2) is 0 Å². The van der Waals surface area contributed by atoms with Crippen molar-refractivity contribution in [1.29, 1.82) is 0 Å². The third-order valence-electron chi connectivity index (χ3n) is 2.93. The van der Waals surface area contributed by atoms with Crippen LogP contribution in [0.1, 0.15) is 45.4 Å². The molecule has 0 unspecified atom stereocenters. The largest absolute Gasteiger partial charge is 0.388 e. The van der Waals surface area contributed by atoms with Gasteiger partial charge in [-0.2, -0.15) is 0 Å². The second-order valence-corrected chi connectivity index (χ2v) is 4.39. The van der Waals surface area contributed by atoms with Gasteiger partial charge in [-0.25, -0.2) is 4.79 Å². The van der Waals surface area contributed by atoms with E-state index in [1.807, 2.05) is 0 Å². The van der Waals surface area contributed by atoms with Crippen molar-refractivity contribution in [1.82, 2.24) is 10.6 Å². The van der Waals surface area contributed by atoms with E-state index < -0.39 is 5.60 Å². The van der Waals surface area contributed by atoms with E-state index in [4.69, 9.17) is 0 Å². The summed E-state index contributed by atoms with van der Waals surface area (Å²) in [5.41, 5.74) is -0.651. The van der Waals surface area contributed by atoms with Gasteiger partial charge in [0.2, 0.25) is 0 Å². The fourth-order valence-corrected chi connectivity index (χ4v) is 1.90. The number of amides is 2. The maximum Gasteiger partial charge on any atom is 0.314 e. The smallest absolute Gasteiger partial charge is 0.314 e. The summed E-state index contributed by atoms with van der Waals surface area (Å²) >= 11 is 0. The van der Waals surface area contributed by atoms with Crippen LogP contribution in [-0.4, -0.2) is 29.8 Å². The Hall–Kier alpha value is -0.770. The molecule has 4 nitrogen and oxygen atoms in total. The van der Waals surface area contributed by atoms with Gasteiger partial charge in [-0.1, -0.05) is 26.2 Å². The molecule has 88 valence electrons. The lowest BCUT2D eigenvalue weighted by molar-refractivity contribution is 0.0501. The average Bonchev–Trinajstić information content (AvgIpc) is 2.64. The molecule has 15 heavy (non-hydrogen) atoms. The second kappa shape index (κ2) is 5.95. The number of unbranched alkanes of at least 4 members (excludes halogenated alkanes) is 1. The van der Waals surface area contributed by atoms with E-state index in [1.54, 1.807) is 0 Å². The number of hydrogen-bond donors (Lipinski definition) is 3. The van der Waals surface area contributed by atoms with Crippen molar-refractivity contribution in [3.8, 4) is 0 Å². The molecule has 0 aliphatic heterocycles. The highest BCUT2D eigenvalue weighted by Crippen LogP contribution is 2.28. The Kier molecular flexibility index (Phi) is 4.88. The maximum absolute atomic E-state index is 11.3. The van der Waals surface area contributed by atoms with E-state index in [1.165, 1.54) is 0 Å². The fraction of sp³-hybridized carbons (Fsp3) is 0.909. The van der Waals surface area contributed by atoms with Crippen LogP contribution in [0.2, 0.25) is 0 Å². The van der Waals surface area contributed by atoms with Gasteiger partial charge in [-0.15, -0.1) is 0 Å². The Morgan fingerprint density at radius 1 is 1.33 bits per heavy atom. The first-order valence-electron chi connectivity index (χ1n) is 5.90. The predicted molar refractivity (Wildman–Crippen MR) is 59.7 cm³/mol. The highest BCUT2D eigenvalue weighted by Gasteiger charge is 2.31. The third-order valence-corrected chi connectivity index (χ3v) is 2.93. The number of rotatable bonds is 5. The van der Waals surface area contributed by atoms with E-state index in [0.717, 1.165) is 38.5 Å². The molecule has 0 bridgehead atoms. The standard InChI is InChI=1S/C11H22N2O2/c1-2-3-8-12-10(14)13-9-11(15)6-4-5-7-11/h15H,2-9H2,1H3,(H2,12,13,14).